The van der Waals surface area contributed by atoms with Crippen LogP contribution in [-0.4, -0.2) is 48.8 Å². The summed E-state index contributed by atoms with van der Waals surface area (Å²) in [6, 6.07) is 6.05. The van der Waals surface area contributed by atoms with E-state index in [4.69, 9.17) is 0 Å². The number of hydrogen-bond acceptors (Lipinski definition) is 6. The second-order valence-corrected chi connectivity index (χ2v) is 6.99. The van der Waals surface area contributed by atoms with Crippen molar-refractivity contribution in [2.45, 2.75) is 57.5 Å². The molecule has 0 aromatic carbocycles. The average molecular weight is 354 g/mol. The summed E-state index contributed by atoms with van der Waals surface area (Å²) in [7, 11) is 0. The van der Waals surface area contributed by atoms with Gasteiger partial charge in [0.05, 0.1) is 5.69 Å². The Morgan fingerprint density at radius 2 is 1.73 bits per heavy atom. The van der Waals surface area contributed by atoms with E-state index >= 15 is 0 Å². The first-order valence-electron chi connectivity index (χ1n) is 9.08. The zero-order valence-electron chi connectivity index (χ0n) is 14.8. The number of rotatable bonds is 4. The molecule has 1 aliphatic carbocycles. The predicted octanol–water partition coefficient (Wildman–Crippen LogP) is 1.84. The van der Waals surface area contributed by atoms with Crippen molar-refractivity contribution in [2.75, 3.05) is 5.32 Å². The van der Waals surface area contributed by atoms with E-state index in [1.807, 2.05) is 31.3 Å². The lowest BCUT2D eigenvalue weighted by Gasteiger charge is -2.33. The molecule has 0 spiro atoms. The Kier molecular flexibility index (Phi) is 4.40. The van der Waals surface area contributed by atoms with Crippen LogP contribution in [0.3, 0.4) is 0 Å². The second-order valence-electron chi connectivity index (χ2n) is 6.99. The molecule has 2 aromatic heterocycles. The van der Waals surface area contributed by atoms with Gasteiger partial charge < -0.3 is 5.32 Å². The van der Waals surface area contributed by atoms with Gasteiger partial charge in [0.2, 0.25) is 11.8 Å². The molecule has 2 aromatic rings. The van der Waals surface area contributed by atoms with Gasteiger partial charge in [0.25, 0.3) is 0 Å². The number of carbonyl (C=O) groups is 2. The first-order valence-corrected chi connectivity index (χ1v) is 9.08. The van der Waals surface area contributed by atoms with Gasteiger partial charge in [0.1, 0.15) is 5.82 Å². The number of imide groups is 1. The predicted molar refractivity (Wildman–Crippen MR) is 94.6 cm³/mol. The molecule has 2 aliphatic rings. The fraction of sp³-hybridized carbons (Fsp3) is 0.500. The van der Waals surface area contributed by atoms with E-state index in [1.165, 1.54) is 4.90 Å². The smallest absolute Gasteiger partial charge is 0.229 e. The van der Waals surface area contributed by atoms with Gasteiger partial charge in [-0.25, -0.2) is 4.68 Å². The highest BCUT2D eigenvalue weighted by atomic mass is 16.2. The van der Waals surface area contributed by atoms with Gasteiger partial charge in [-0.3, -0.25) is 14.5 Å². The number of amides is 2. The minimum absolute atomic E-state index is 0.0123. The molecule has 136 valence electrons. The molecule has 3 heterocycles. The Balaban J connectivity index is 1.33. The molecule has 1 saturated heterocycles. The molecule has 1 aliphatic heterocycles. The molecular weight excluding hydrogens is 332 g/mol. The van der Waals surface area contributed by atoms with Crippen LogP contribution in [0.5, 0.6) is 0 Å². The monoisotopic (exact) mass is 354 g/mol. The number of hydrogen-bond donors (Lipinski definition) is 1. The van der Waals surface area contributed by atoms with E-state index in [2.05, 4.69) is 20.6 Å². The minimum Gasteiger partial charge on any atom is -0.366 e. The third-order valence-corrected chi connectivity index (χ3v) is 5.11. The van der Waals surface area contributed by atoms with E-state index in [0.29, 0.717) is 18.7 Å². The Morgan fingerprint density at radius 3 is 2.31 bits per heavy atom. The molecule has 4 rings (SSSR count). The van der Waals surface area contributed by atoms with Crippen LogP contribution in [0.1, 0.15) is 44.2 Å². The molecular formula is C18H22N6O2. The number of aromatic nitrogens is 4. The molecule has 8 nitrogen and oxygen atoms in total. The van der Waals surface area contributed by atoms with Crippen LogP contribution in [-0.2, 0) is 9.59 Å². The van der Waals surface area contributed by atoms with Crippen LogP contribution in [0, 0.1) is 6.92 Å². The van der Waals surface area contributed by atoms with Crippen LogP contribution >= 0.6 is 0 Å². The van der Waals surface area contributed by atoms with Gasteiger partial charge in [0, 0.05) is 31.1 Å². The van der Waals surface area contributed by atoms with Crippen molar-refractivity contribution in [3.8, 4) is 5.82 Å². The summed E-state index contributed by atoms with van der Waals surface area (Å²) in [5.74, 6) is 1.39. The van der Waals surface area contributed by atoms with Crippen molar-refractivity contribution in [1.82, 2.24) is 24.9 Å². The highest BCUT2D eigenvalue weighted by Gasteiger charge is 2.36. The summed E-state index contributed by atoms with van der Waals surface area (Å²) in [4.78, 5) is 25.2. The summed E-state index contributed by atoms with van der Waals surface area (Å²) < 4.78 is 1.70. The van der Waals surface area contributed by atoms with Crippen molar-refractivity contribution in [1.29, 1.82) is 0 Å². The highest BCUT2D eigenvalue weighted by molar-refractivity contribution is 6.02. The summed E-state index contributed by atoms with van der Waals surface area (Å²) in [5.41, 5.74) is 0.931. The lowest BCUT2D eigenvalue weighted by Crippen LogP contribution is -2.43. The number of nitrogens with one attached hydrogen (secondary N) is 1. The van der Waals surface area contributed by atoms with Crippen molar-refractivity contribution >= 4 is 17.6 Å². The quantitative estimate of drug-likeness (QED) is 0.842. The summed E-state index contributed by atoms with van der Waals surface area (Å²) >= 11 is 0. The molecule has 8 heteroatoms. The van der Waals surface area contributed by atoms with Gasteiger partial charge in [-0.1, -0.05) is 0 Å². The maximum absolute atomic E-state index is 11.9. The maximum Gasteiger partial charge on any atom is 0.229 e. The third-order valence-electron chi connectivity index (χ3n) is 5.11. The van der Waals surface area contributed by atoms with E-state index < -0.39 is 0 Å². The summed E-state index contributed by atoms with van der Waals surface area (Å²) in [5, 5.41) is 16.2. The minimum atomic E-state index is -0.0123. The van der Waals surface area contributed by atoms with Crippen molar-refractivity contribution in [3.05, 3.63) is 30.1 Å². The van der Waals surface area contributed by atoms with Gasteiger partial charge in [0.15, 0.2) is 5.82 Å². The van der Waals surface area contributed by atoms with E-state index in [-0.39, 0.29) is 23.9 Å². The van der Waals surface area contributed by atoms with Crippen molar-refractivity contribution in [2.24, 2.45) is 0 Å². The standard InChI is InChI=1S/C18H22N6O2/c1-12-10-11-23(22-12)16-7-6-15(20-21-16)19-13-2-4-14(5-3-13)24-17(25)8-9-18(24)26/h6-7,10-11,13-14H,2-5,8-9H2,1H3,(H,19,20). The van der Waals surface area contributed by atoms with Gasteiger partial charge in [-0.05, 0) is 50.8 Å². The van der Waals surface area contributed by atoms with Crippen LogP contribution in [0.2, 0.25) is 0 Å². The van der Waals surface area contributed by atoms with Crippen LogP contribution in [0.4, 0.5) is 5.82 Å². The Morgan fingerprint density at radius 1 is 1.00 bits per heavy atom. The number of carbonyl (C=O) groups excluding carboxylic acids is 2. The fourth-order valence-corrected chi connectivity index (χ4v) is 3.76. The third kappa shape index (κ3) is 3.31. The van der Waals surface area contributed by atoms with Gasteiger partial charge in [-0.2, -0.15) is 5.10 Å². The lowest BCUT2D eigenvalue weighted by atomic mass is 9.90. The normalized spacial score (nSPS) is 23.5. The van der Waals surface area contributed by atoms with Gasteiger partial charge in [-0.15, -0.1) is 10.2 Å². The van der Waals surface area contributed by atoms with Crippen molar-refractivity contribution < 1.29 is 9.59 Å². The molecule has 1 N–H and O–H groups in total. The summed E-state index contributed by atoms with van der Waals surface area (Å²) in [6.07, 6.45) is 6.09. The second kappa shape index (κ2) is 6.86. The van der Waals surface area contributed by atoms with Crippen molar-refractivity contribution in [3.63, 3.8) is 0 Å². The fourth-order valence-electron chi connectivity index (χ4n) is 3.76. The number of anilines is 1. The summed E-state index contributed by atoms with van der Waals surface area (Å²) in [6.45, 7) is 1.93. The average Bonchev–Trinajstić information content (AvgIpc) is 3.22. The molecule has 2 fully saturated rings. The van der Waals surface area contributed by atoms with E-state index in [0.717, 1.165) is 37.2 Å². The van der Waals surface area contributed by atoms with Crippen LogP contribution in [0.25, 0.3) is 5.82 Å². The topological polar surface area (TPSA) is 93.0 Å². The SMILES string of the molecule is Cc1ccn(-c2ccc(NC3CCC(N4C(=O)CCC4=O)CC3)nn2)n1. The van der Waals surface area contributed by atoms with Crippen LogP contribution < -0.4 is 5.32 Å². The Bertz CT molecular complexity index is 791. The molecule has 0 unspecified atom stereocenters. The first kappa shape index (κ1) is 16.7. The maximum atomic E-state index is 11.9. The molecule has 0 radical (unpaired) electrons. The molecule has 0 atom stereocenters. The first-order chi connectivity index (χ1) is 12.6. The number of aryl methyl sites for hydroxylation is 1. The molecule has 26 heavy (non-hydrogen) atoms. The zero-order chi connectivity index (χ0) is 18.1. The highest BCUT2D eigenvalue weighted by Crippen LogP contribution is 2.28. The largest absolute Gasteiger partial charge is 0.366 e. The molecule has 0 bridgehead atoms. The Labute approximate surface area is 151 Å². The van der Waals surface area contributed by atoms with Crippen LogP contribution in [0.15, 0.2) is 24.4 Å². The molecule has 2 amide bonds. The van der Waals surface area contributed by atoms with Gasteiger partial charge >= 0.3 is 0 Å². The number of nitrogens with zero attached hydrogens (tertiary/aromatic N) is 5. The van der Waals surface area contributed by atoms with E-state index in [1.54, 1.807) is 4.68 Å². The van der Waals surface area contributed by atoms with E-state index in [9.17, 15) is 9.59 Å². The number of likely N-dealkylation sites (tertiary alicyclic amines) is 1. The zero-order valence-corrected chi connectivity index (χ0v) is 14.8. The Hall–Kier alpha value is -2.77. The molecule has 1 saturated carbocycles. The lowest BCUT2D eigenvalue weighted by molar-refractivity contribution is -0.141.